The summed E-state index contributed by atoms with van der Waals surface area (Å²) >= 11 is 7.22. The minimum atomic E-state index is -4.84. The molecular weight excluding hydrogens is 1120 g/mol. The molecule has 2 N–H and O–H groups in total. The smallest absolute Gasteiger partial charge is 0.417 e. The quantitative estimate of drug-likeness (QED) is 0.0858. The maximum atomic E-state index is 14.6. The lowest BCUT2D eigenvalue weighted by Crippen LogP contribution is -2.58. The molecule has 3 aliphatic heterocycles. The number of ether oxygens (including phenoxy) is 5. The van der Waals surface area contributed by atoms with Crippen molar-refractivity contribution in [1.82, 2.24) is 20.5 Å². The van der Waals surface area contributed by atoms with Crippen molar-refractivity contribution < 1.29 is 65.6 Å². The Kier molecular flexibility index (Phi) is 21.3. The monoisotopic (exact) mass is 1190 g/mol. The highest BCUT2D eigenvalue weighted by Crippen LogP contribution is 2.40. The molecule has 0 radical (unpaired) electrons. The van der Waals surface area contributed by atoms with Crippen molar-refractivity contribution in [1.29, 1.82) is 5.26 Å². The maximum absolute atomic E-state index is 14.6. The van der Waals surface area contributed by atoms with E-state index in [1.54, 1.807) is 94.0 Å². The summed E-state index contributed by atoms with van der Waals surface area (Å²) in [6.45, 7) is 12.8. The number of carbonyl (C=O) groups excluding carboxylic acids is 6. The van der Waals surface area contributed by atoms with Crippen LogP contribution < -0.4 is 25.2 Å². The largest absolute Gasteiger partial charge is 0.493 e. The Bertz CT molecular complexity index is 3070. The second kappa shape index (κ2) is 27.9. The van der Waals surface area contributed by atoms with E-state index in [0.717, 1.165) is 38.7 Å². The Labute approximate surface area is 490 Å². The second-order valence-electron chi connectivity index (χ2n) is 22.1. The lowest BCUT2D eigenvalue weighted by atomic mass is 9.85. The molecule has 18 nitrogen and oxygen atoms in total. The van der Waals surface area contributed by atoms with Crippen molar-refractivity contribution in [3.8, 4) is 22.3 Å². The molecule has 7 rings (SSSR count). The summed E-state index contributed by atoms with van der Waals surface area (Å²) in [5.74, 6) is -2.59. The van der Waals surface area contributed by atoms with Gasteiger partial charge in [-0.3, -0.25) is 33.7 Å². The average molecular weight is 1190 g/mol. The number of hydrogen-bond donors (Lipinski definition) is 2. The third kappa shape index (κ3) is 16.3. The van der Waals surface area contributed by atoms with Crippen molar-refractivity contribution in [2.45, 2.75) is 142 Å². The van der Waals surface area contributed by atoms with Crippen LogP contribution in [-0.4, -0.2) is 120 Å². The van der Waals surface area contributed by atoms with Crippen molar-refractivity contribution >= 4 is 75.6 Å². The van der Waals surface area contributed by atoms with Crippen LogP contribution in [-0.2, 0) is 53.9 Å². The van der Waals surface area contributed by atoms with E-state index in [1.807, 2.05) is 38.1 Å². The molecule has 2 fully saturated rings. The van der Waals surface area contributed by atoms with Crippen LogP contribution in [0.4, 0.5) is 24.5 Å². The van der Waals surface area contributed by atoms with Crippen LogP contribution in [0.25, 0.3) is 10.4 Å². The molecule has 0 saturated carbocycles. The first-order chi connectivity index (χ1) is 39.4. The summed E-state index contributed by atoms with van der Waals surface area (Å²) < 4.78 is 70.9. The van der Waals surface area contributed by atoms with E-state index in [2.05, 4.69) is 15.6 Å². The molecule has 2 bridgehead atoms. The summed E-state index contributed by atoms with van der Waals surface area (Å²) in [4.78, 5) is 91.6. The number of aromatic nitrogens is 1. The number of hydrogen-bond acceptors (Lipinski definition) is 15. The van der Waals surface area contributed by atoms with Crippen molar-refractivity contribution in [3.05, 3.63) is 107 Å². The van der Waals surface area contributed by atoms with Crippen LogP contribution in [0.1, 0.15) is 121 Å². The Morgan fingerprint density at radius 2 is 1.60 bits per heavy atom. The Hall–Kier alpha value is -7.26. The van der Waals surface area contributed by atoms with Gasteiger partial charge in [-0.1, -0.05) is 57.2 Å². The fourth-order valence-corrected chi connectivity index (χ4v) is 11.2. The van der Waals surface area contributed by atoms with Crippen LogP contribution in [0.3, 0.4) is 0 Å². The Morgan fingerprint density at radius 1 is 0.940 bits per heavy atom. The number of anilines is 2. The van der Waals surface area contributed by atoms with E-state index in [9.17, 15) is 47.2 Å². The molecule has 444 valence electrons. The molecule has 3 aliphatic rings. The summed E-state index contributed by atoms with van der Waals surface area (Å²) in [5.41, 5.74) is 1.04. The highest BCUT2D eigenvalue weighted by atomic mass is 32.1. The molecule has 83 heavy (non-hydrogen) atoms. The number of carbonyl (C=O) groups is 6. The van der Waals surface area contributed by atoms with Crippen molar-refractivity contribution in [2.75, 3.05) is 49.4 Å². The zero-order valence-electron chi connectivity index (χ0n) is 47.5. The number of thiazole rings is 1. The van der Waals surface area contributed by atoms with Gasteiger partial charge in [0.05, 0.1) is 64.8 Å². The van der Waals surface area contributed by atoms with E-state index >= 15 is 0 Å². The SMILES string of the molecule is Cc1ncsc1-c1ccc([C@H](C)NC(=O)[C@@H]2C[C@@H]3CN2C(=O)[C@H](C(C)(C)C)NC(=O)COCCCOCCC(CCOc2ccc(N4C(=S)N(c5ccc(C#N)c(C(F)(F)F)c5)C(=O)C4(C)C)cc2)OC(=O)CCC=CCCC(=O)O3)cc1. The van der Waals surface area contributed by atoms with Gasteiger partial charge in [-0.05, 0) is 118 Å². The fraction of sp³-hybridized carbons (Fsp3) is 0.483. The van der Waals surface area contributed by atoms with E-state index in [4.69, 9.17) is 35.9 Å². The number of benzene rings is 3. The number of cyclic esters (lactones) is 1. The molecular formula is C60H70F3N7O11S2. The molecule has 5 atom stereocenters. The Balaban J connectivity index is 0.952. The molecule has 4 aromatic rings. The van der Waals surface area contributed by atoms with Crippen LogP contribution in [0.2, 0.25) is 0 Å². The number of alkyl halides is 3. The van der Waals surface area contributed by atoms with E-state index in [1.165, 1.54) is 15.9 Å². The average Bonchev–Trinajstić information content (AvgIpc) is 4.18. The number of allylic oxidation sites excluding steroid dienone is 2. The number of aryl methyl sites for hydroxylation is 1. The number of nitriles is 1. The molecule has 1 unspecified atom stereocenters. The number of rotatable bonds is 10. The minimum Gasteiger partial charge on any atom is -0.493 e. The van der Waals surface area contributed by atoms with Gasteiger partial charge in [-0.2, -0.15) is 18.4 Å². The predicted octanol–water partition coefficient (Wildman–Crippen LogP) is 9.47. The first-order valence-electron chi connectivity index (χ1n) is 27.5. The molecule has 0 aliphatic carbocycles. The normalized spacial score (nSPS) is 21.7. The third-order valence-corrected chi connectivity index (χ3v) is 15.7. The first kappa shape index (κ1) is 63.3. The summed E-state index contributed by atoms with van der Waals surface area (Å²) in [5, 5.41) is 15.1. The molecule has 3 aromatic carbocycles. The number of nitrogens with one attached hydrogen (secondary N) is 2. The lowest BCUT2D eigenvalue weighted by molar-refractivity contribution is -0.151. The number of esters is 2. The second-order valence-corrected chi connectivity index (χ2v) is 23.3. The van der Waals surface area contributed by atoms with E-state index < -0.39 is 94.2 Å². The predicted molar refractivity (Wildman–Crippen MR) is 308 cm³/mol. The van der Waals surface area contributed by atoms with Gasteiger partial charge in [0.2, 0.25) is 17.7 Å². The number of thiocarbonyl (C=S) groups is 1. The summed E-state index contributed by atoms with van der Waals surface area (Å²) in [6, 6.07) is 16.5. The maximum Gasteiger partial charge on any atom is 0.417 e. The molecule has 4 amide bonds. The molecule has 4 heterocycles. The van der Waals surface area contributed by atoms with Crippen LogP contribution in [0.15, 0.2) is 84.4 Å². The Morgan fingerprint density at radius 3 is 2.24 bits per heavy atom. The first-order valence-corrected chi connectivity index (χ1v) is 28.8. The zero-order chi connectivity index (χ0) is 60.2. The standard InChI is InChI=1S/C60H70F3N7O11S2/c1-37(39-15-17-40(18-16-39)52-38(2)65-36-83-52)66-54(74)48-32-46-34-68(48)55(75)53(58(3,4)5)67-49(71)35-78-28-12-27-77-29-25-45(80-50(72)13-10-8-9-11-14-51(73)81-46)26-30-79-44-23-21-42(22-24-44)70-57(82)69(56(76)59(70,6)7)43-20-19-41(33-64)47(31-43)60(61,62)63/h8-9,15-24,31,36-37,45-46,48,53H,10-14,25-30,32,34-35H2,1-7H3,(H,66,74)(H,67,71)/t37-,45?,46+,48-,53+/m0/s1. The van der Waals surface area contributed by atoms with Gasteiger partial charge in [0, 0.05) is 51.0 Å². The number of halogens is 3. The summed E-state index contributed by atoms with van der Waals surface area (Å²) in [6.07, 6.45) is -0.950. The van der Waals surface area contributed by atoms with Gasteiger partial charge in [-0.15, -0.1) is 11.3 Å². The molecule has 23 heteroatoms. The van der Waals surface area contributed by atoms with E-state index in [0.29, 0.717) is 37.1 Å². The number of nitrogens with zero attached hydrogens (tertiary/aromatic N) is 5. The number of amides is 4. The minimum absolute atomic E-state index is 0.00129. The van der Waals surface area contributed by atoms with Gasteiger partial charge in [0.1, 0.15) is 42.2 Å². The van der Waals surface area contributed by atoms with Gasteiger partial charge < -0.3 is 44.1 Å². The van der Waals surface area contributed by atoms with Crippen molar-refractivity contribution in [2.24, 2.45) is 5.41 Å². The molecule has 2 saturated heterocycles. The molecule has 1 aromatic heterocycles. The van der Waals surface area contributed by atoms with Crippen molar-refractivity contribution in [3.63, 3.8) is 0 Å². The zero-order valence-corrected chi connectivity index (χ0v) is 49.2. The lowest BCUT2D eigenvalue weighted by Gasteiger charge is -2.35. The van der Waals surface area contributed by atoms with Gasteiger partial charge in [0.15, 0.2) is 5.11 Å². The summed E-state index contributed by atoms with van der Waals surface area (Å²) in [7, 11) is 0. The van der Waals surface area contributed by atoms with Crippen LogP contribution >= 0.6 is 23.6 Å². The number of fused-ring (bicyclic) bond motifs is 2. The van der Waals surface area contributed by atoms with Gasteiger partial charge in [-0.25, -0.2) is 4.98 Å². The van der Waals surface area contributed by atoms with Crippen LogP contribution in [0, 0.1) is 23.7 Å². The van der Waals surface area contributed by atoms with Gasteiger partial charge >= 0.3 is 18.1 Å². The highest BCUT2D eigenvalue weighted by Gasteiger charge is 2.51. The fourth-order valence-electron chi connectivity index (χ4n) is 9.88. The topological polar surface area (TPSA) is 219 Å². The highest BCUT2D eigenvalue weighted by molar-refractivity contribution is 7.81. The third-order valence-electron chi connectivity index (χ3n) is 14.4. The van der Waals surface area contributed by atoms with E-state index in [-0.39, 0.29) is 76.1 Å². The van der Waals surface area contributed by atoms with Crippen LogP contribution in [0.5, 0.6) is 5.75 Å². The van der Waals surface area contributed by atoms with Gasteiger partial charge in [0.25, 0.3) is 5.91 Å². The molecule has 0 spiro atoms.